The van der Waals surface area contributed by atoms with E-state index in [4.69, 9.17) is 10.5 Å². The summed E-state index contributed by atoms with van der Waals surface area (Å²) in [6, 6.07) is 0. The fourth-order valence-electron chi connectivity index (χ4n) is 2.11. The molecule has 0 radical (unpaired) electrons. The summed E-state index contributed by atoms with van der Waals surface area (Å²) in [5, 5.41) is 0. The lowest BCUT2D eigenvalue weighted by Gasteiger charge is -2.25. The first kappa shape index (κ1) is 10.1. The maximum atomic E-state index is 6.06. The summed E-state index contributed by atoms with van der Waals surface area (Å²) in [6.07, 6.45) is 1.89. The van der Waals surface area contributed by atoms with Crippen LogP contribution < -0.4 is 10.5 Å². The summed E-state index contributed by atoms with van der Waals surface area (Å²) >= 11 is 0. The first-order valence-electron chi connectivity index (χ1n) is 5.26. The van der Waals surface area contributed by atoms with E-state index in [2.05, 4.69) is 20.4 Å². The van der Waals surface area contributed by atoms with Crippen LogP contribution in [-0.4, -0.2) is 0 Å². The van der Waals surface area contributed by atoms with E-state index >= 15 is 0 Å². The van der Waals surface area contributed by atoms with Crippen molar-refractivity contribution in [3.63, 3.8) is 0 Å². The Labute approximate surface area is 90.7 Å². The normalized spacial score (nSPS) is 14.7. The van der Waals surface area contributed by atoms with Gasteiger partial charge in [0.2, 0.25) is 0 Å². The molecule has 0 atom stereocenters. The van der Waals surface area contributed by atoms with Gasteiger partial charge in [0.05, 0.1) is 5.76 Å². The van der Waals surface area contributed by atoms with Gasteiger partial charge >= 0.3 is 0 Å². The zero-order chi connectivity index (χ0) is 11.2. The summed E-state index contributed by atoms with van der Waals surface area (Å²) in [6.45, 7) is 10.0. The third-order valence-corrected chi connectivity index (χ3v) is 3.34. The van der Waals surface area contributed by atoms with Crippen molar-refractivity contribution in [2.75, 3.05) is 5.73 Å². The number of ether oxygens (including phenoxy) is 1. The Kier molecular flexibility index (Phi) is 2.22. The van der Waals surface area contributed by atoms with Crippen LogP contribution in [-0.2, 0) is 6.42 Å². The van der Waals surface area contributed by atoms with E-state index in [0.717, 1.165) is 41.2 Å². The smallest absolute Gasteiger partial charge is 0.133 e. The molecule has 2 rings (SSSR count). The summed E-state index contributed by atoms with van der Waals surface area (Å²) in [5.41, 5.74) is 11.7. The first-order chi connectivity index (χ1) is 7.02. The van der Waals surface area contributed by atoms with E-state index < -0.39 is 0 Å². The fraction of sp³-hybridized carbons (Fsp3) is 0.385. The minimum atomic E-state index is 0.856. The summed E-state index contributed by atoms with van der Waals surface area (Å²) in [7, 11) is 0. The second-order valence-electron chi connectivity index (χ2n) is 4.24. The predicted octanol–water partition coefficient (Wildman–Crippen LogP) is 3.03. The minimum absolute atomic E-state index is 0.856. The standard InChI is InChI=1S/C13H17NO/c1-7-5-6-11-10(4)12(14)8(2)9(3)13(11)15-7/h1,5-6,14H2,2-4H3. The number of benzene rings is 1. The highest BCUT2D eigenvalue weighted by Crippen LogP contribution is 2.39. The van der Waals surface area contributed by atoms with E-state index in [0.29, 0.717) is 0 Å². The van der Waals surface area contributed by atoms with Gasteiger partial charge < -0.3 is 10.5 Å². The number of rotatable bonds is 0. The number of hydrogen-bond acceptors (Lipinski definition) is 2. The Morgan fingerprint density at radius 2 is 1.73 bits per heavy atom. The molecule has 1 aromatic carbocycles. The van der Waals surface area contributed by atoms with E-state index in [9.17, 15) is 0 Å². The Morgan fingerprint density at radius 3 is 2.40 bits per heavy atom. The molecule has 0 unspecified atom stereocenters. The van der Waals surface area contributed by atoms with Gasteiger partial charge in [0.15, 0.2) is 0 Å². The minimum Gasteiger partial charge on any atom is -0.462 e. The molecule has 1 aromatic rings. The largest absolute Gasteiger partial charge is 0.462 e. The van der Waals surface area contributed by atoms with Crippen molar-refractivity contribution in [2.45, 2.75) is 33.6 Å². The number of nitrogens with two attached hydrogens (primary N) is 1. The number of allylic oxidation sites excluding steroid dienone is 1. The molecule has 80 valence electrons. The molecule has 0 bridgehead atoms. The van der Waals surface area contributed by atoms with Crippen molar-refractivity contribution in [1.29, 1.82) is 0 Å². The highest BCUT2D eigenvalue weighted by atomic mass is 16.5. The van der Waals surface area contributed by atoms with Crippen LogP contribution in [0.1, 0.15) is 28.7 Å². The lowest BCUT2D eigenvalue weighted by atomic mass is 9.92. The molecule has 2 heteroatoms. The van der Waals surface area contributed by atoms with Crippen LogP contribution in [0.3, 0.4) is 0 Å². The van der Waals surface area contributed by atoms with Gasteiger partial charge in [-0.3, -0.25) is 0 Å². The summed E-state index contributed by atoms with van der Waals surface area (Å²) < 4.78 is 5.73. The molecule has 1 aliphatic rings. The summed E-state index contributed by atoms with van der Waals surface area (Å²) in [4.78, 5) is 0. The zero-order valence-electron chi connectivity index (χ0n) is 9.61. The van der Waals surface area contributed by atoms with Crippen molar-refractivity contribution in [1.82, 2.24) is 0 Å². The second kappa shape index (κ2) is 3.30. The van der Waals surface area contributed by atoms with Gasteiger partial charge in [-0.1, -0.05) is 6.58 Å². The molecule has 0 spiro atoms. The first-order valence-corrected chi connectivity index (χ1v) is 5.26. The van der Waals surface area contributed by atoms with Gasteiger partial charge in [0.25, 0.3) is 0 Å². The number of hydrogen-bond donors (Lipinski definition) is 1. The Morgan fingerprint density at radius 1 is 1.07 bits per heavy atom. The van der Waals surface area contributed by atoms with Gasteiger partial charge in [-0.05, 0) is 43.9 Å². The van der Waals surface area contributed by atoms with Gasteiger partial charge in [-0.2, -0.15) is 0 Å². The SMILES string of the molecule is C=C1CCc2c(C)c(N)c(C)c(C)c2O1. The highest BCUT2D eigenvalue weighted by Gasteiger charge is 2.21. The summed E-state index contributed by atoms with van der Waals surface area (Å²) in [5.74, 6) is 1.84. The molecule has 0 amide bonds. The lowest BCUT2D eigenvalue weighted by molar-refractivity contribution is 0.377. The Bertz CT molecular complexity index is 447. The molecule has 0 aromatic heterocycles. The zero-order valence-corrected chi connectivity index (χ0v) is 9.61. The average Bonchev–Trinajstić information content (AvgIpc) is 2.23. The van der Waals surface area contributed by atoms with Crippen molar-refractivity contribution < 1.29 is 4.74 Å². The van der Waals surface area contributed by atoms with E-state index in [1.54, 1.807) is 0 Å². The van der Waals surface area contributed by atoms with Crippen LogP contribution in [0.5, 0.6) is 5.75 Å². The molecule has 2 N–H and O–H groups in total. The maximum Gasteiger partial charge on any atom is 0.133 e. The van der Waals surface area contributed by atoms with Crippen LogP contribution in [0.2, 0.25) is 0 Å². The molecular formula is C13H17NO. The molecule has 2 nitrogen and oxygen atoms in total. The van der Waals surface area contributed by atoms with E-state index in [-0.39, 0.29) is 0 Å². The van der Waals surface area contributed by atoms with Crippen LogP contribution in [0.4, 0.5) is 5.69 Å². The molecule has 0 saturated carbocycles. The monoisotopic (exact) mass is 203 g/mol. The van der Waals surface area contributed by atoms with E-state index in [1.165, 1.54) is 11.1 Å². The van der Waals surface area contributed by atoms with Gasteiger partial charge in [0.1, 0.15) is 5.75 Å². The van der Waals surface area contributed by atoms with Crippen molar-refractivity contribution in [3.05, 3.63) is 34.6 Å². The number of fused-ring (bicyclic) bond motifs is 1. The Balaban J connectivity index is 2.70. The topological polar surface area (TPSA) is 35.2 Å². The van der Waals surface area contributed by atoms with E-state index in [1.807, 2.05) is 6.92 Å². The van der Waals surface area contributed by atoms with Crippen molar-refractivity contribution >= 4 is 5.69 Å². The van der Waals surface area contributed by atoms with Crippen LogP contribution in [0, 0.1) is 20.8 Å². The molecule has 15 heavy (non-hydrogen) atoms. The van der Waals surface area contributed by atoms with Gasteiger partial charge in [0, 0.05) is 17.7 Å². The third-order valence-electron chi connectivity index (χ3n) is 3.34. The highest BCUT2D eigenvalue weighted by molar-refractivity contribution is 5.65. The second-order valence-corrected chi connectivity index (χ2v) is 4.24. The molecule has 1 heterocycles. The molecule has 0 saturated heterocycles. The number of anilines is 1. The predicted molar refractivity (Wildman–Crippen MR) is 63.2 cm³/mol. The fourth-order valence-corrected chi connectivity index (χ4v) is 2.11. The third kappa shape index (κ3) is 1.41. The van der Waals surface area contributed by atoms with Crippen LogP contribution in [0.15, 0.2) is 12.3 Å². The van der Waals surface area contributed by atoms with Crippen molar-refractivity contribution in [3.8, 4) is 5.75 Å². The molecular weight excluding hydrogens is 186 g/mol. The number of nitrogen functional groups attached to an aromatic ring is 1. The van der Waals surface area contributed by atoms with Crippen LogP contribution >= 0.6 is 0 Å². The molecule has 0 aliphatic carbocycles. The molecule has 0 fully saturated rings. The lowest BCUT2D eigenvalue weighted by Crippen LogP contribution is -2.12. The quantitative estimate of drug-likeness (QED) is 0.658. The molecule has 1 aliphatic heterocycles. The van der Waals surface area contributed by atoms with Crippen LogP contribution in [0.25, 0.3) is 0 Å². The van der Waals surface area contributed by atoms with Gasteiger partial charge in [-0.15, -0.1) is 0 Å². The van der Waals surface area contributed by atoms with Crippen molar-refractivity contribution in [2.24, 2.45) is 0 Å². The van der Waals surface area contributed by atoms with Gasteiger partial charge in [-0.25, -0.2) is 0 Å². The maximum absolute atomic E-state index is 6.06. The average molecular weight is 203 g/mol. The Hall–Kier alpha value is -1.44.